The summed E-state index contributed by atoms with van der Waals surface area (Å²) < 4.78 is 30.4. The Labute approximate surface area is 177 Å². The van der Waals surface area contributed by atoms with Gasteiger partial charge < -0.3 is 4.74 Å². The predicted molar refractivity (Wildman–Crippen MR) is 115 cm³/mol. The molecule has 0 fully saturated rings. The number of ether oxygens (including phenoxy) is 1. The van der Waals surface area contributed by atoms with E-state index >= 15 is 0 Å². The molecule has 3 aromatic rings. The molecule has 148 valence electrons. The Morgan fingerprint density at radius 1 is 1.00 bits per heavy atom. The monoisotopic (exact) mass is 472 g/mol. The summed E-state index contributed by atoms with van der Waals surface area (Å²) in [4.78, 5) is 14.5. The lowest BCUT2D eigenvalue weighted by atomic mass is 10.2. The van der Waals surface area contributed by atoms with Gasteiger partial charge in [-0.25, -0.2) is 9.63 Å². The highest BCUT2D eigenvalue weighted by Gasteiger charge is 2.13. The van der Waals surface area contributed by atoms with Crippen LogP contribution in [0.25, 0.3) is 0 Å². The van der Waals surface area contributed by atoms with Crippen LogP contribution < -0.4 is 9.57 Å². The molecule has 0 aliphatic carbocycles. The number of carbonyl (C=O) groups is 1. The molecule has 0 amide bonds. The second kappa shape index (κ2) is 9.02. The van der Waals surface area contributed by atoms with Crippen molar-refractivity contribution in [3.8, 4) is 5.75 Å². The molecule has 0 atom stereocenters. The van der Waals surface area contributed by atoms with Crippen LogP contribution in [0.3, 0.4) is 0 Å². The second-order valence-electron chi connectivity index (χ2n) is 6.10. The van der Waals surface area contributed by atoms with Crippen molar-refractivity contribution in [1.29, 1.82) is 0 Å². The first-order valence-corrected chi connectivity index (χ1v) is 10.8. The van der Waals surface area contributed by atoms with Crippen LogP contribution in [0.15, 0.2) is 87.3 Å². The third-order valence-electron chi connectivity index (χ3n) is 3.90. The molecule has 29 heavy (non-hydrogen) atoms. The Morgan fingerprint density at radius 2 is 1.66 bits per heavy atom. The standard InChI is InChI=1S/C21H17BrN2O4S/c1-15-6-12-18(13-7-15)29(26,27)24-23-14-16-8-10-17(11-9-16)28-21(25)19-4-2-3-5-20(19)22/h2-14,24H,1H3/b23-14-. The number of halogens is 1. The van der Waals surface area contributed by atoms with Crippen LogP contribution in [0.1, 0.15) is 21.5 Å². The van der Waals surface area contributed by atoms with Crippen molar-refractivity contribution in [3.05, 3.63) is 94.0 Å². The quantitative estimate of drug-likeness (QED) is 0.251. The number of hydrazone groups is 1. The molecular formula is C21H17BrN2O4S. The van der Waals surface area contributed by atoms with Gasteiger partial charge in [-0.3, -0.25) is 0 Å². The van der Waals surface area contributed by atoms with Gasteiger partial charge in [-0.2, -0.15) is 13.5 Å². The molecule has 1 N–H and O–H groups in total. The number of aryl methyl sites for hydroxylation is 1. The van der Waals surface area contributed by atoms with Crippen molar-refractivity contribution in [2.45, 2.75) is 11.8 Å². The van der Waals surface area contributed by atoms with Gasteiger partial charge in [0.15, 0.2) is 0 Å². The van der Waals surface area contributed by atoms with Gasteiger partial charge in [-0.1, -0.05) is 29.8 Å². The second-order valence-corrected chi connectivity index (χ2v) is 8.62. The Morgan fingerprint density at radius 3 is 2.31 bits per heavy atom. The van der Waals surface area contributed by atoms with Gasteiger partial charge in [0, 0.05) is 4.47 Å². The molecule has 0 bridgehead atoms. The third kappa shape index (κ3) is 5.52. The van der Waals surface area contributed by atoms with Crippen molar-refractivity contribution in [2.75, 3.05) is 0 Å². The largest absolute Gasteiger partial charge is 0.423 e. The molecule has 0 spiro atoms. The maximum atomic E-state index is 12.2. The molecule has 0 saturated heterocycles. The summed E-state index contributed by atoms with van der Waals surface area (Å²) in [6.07, 6.45) is 1.37. The first kappa shape index (κ1) is 20.8. The molecule has 3 rings (SSSR count). The van der Waals surface area contributed by atoms with E-state index < -0.39 is 16.0 Å². The van der Waals surface area contributed by atoms with E-state index in [-0.39, 0.29) is 4.90 Å². The van der Waals surface area contributed by atoms with E-state index in [0.717, 1.165) is 5.56 Å². The molecule has 0 aliphatic rings. The Hall–Kier alpha value is -2.97. The number of carbonyl (C=O) groups excluding carboxylic acids is 1. The maximum Gasteiger partial charge on any atom is 0.344 e. The Kier molecular flexibility index (Phi) is 6.46. The minimum atomic E-state index is -3.73. The van der Waals surface area contributed by atoms with Crippen LogP contribution in [-0.2, 0) is 10.0 Å². The molecule has 0 unspecified atom stereocenters. The molecule has 6 nitrogen and oxygen atoms in total. The molecular weight excluding hydrogens is 456 g/mol. The van der Waals surface area contributed by atoms with Gasteiger partial charge >= 0.3 is 5.97 Å². The zero-order valence-electron chi connectivity index (χ0n) is 15.4. The fraction of sp³-hybridized carbons (Fsp3) is 0.0476. The van der Waals surface area contributed by atoms with E-state index in [1.807, 2.05) is 13.0 Å². The highest BCUT2D eigenvalue weighted by atomic mass is 79.9. The summed E-state index contributed by atoms with van der Waals surface area (Å²) in [5.41, 5.74) is 2.02. The van der Waals surface area contributed by atoms with Crippen molar-refractivity contribution in [2.24, 2.45) is 5.10 Å². The van der Waals surface area contributed by atoms with Crippen molar-refractivity contribution < 1.29 is 17.9 Å². The highest BCUT2D eigenvalue weighted by Crippen LogP contribution is 2.19. The van der Waals surface area contributed by atoms with Gasteiger partial charge in [0.05, 0.1) is 16.7 Å². The summed E-state index contributed by atoms with van der Waals surface area (Å²) >= 11 is 3.31. The van der Waals surface area contributed by atoms with Gasteiger partial charge in [0.2, 0.25) is 0 Å². The van der Waals surface area contributed by atoms with Crippen LogP contribution in [0.2, 0.25) is 0 Å². The van der Waals surface area contributed by atoms with E-state index in [2.05, 4.69) is 25.9 Å². The first-order chi connectivity index (χ1) is 13.8. The van der Waals surface area contributed by atoms with Gasteiger partial charge in [0.1, 0.15) is 5.75 Å². The average molecular weight is 473 g/mol. The summed E-state index contributed by atoms with van der Waals surface area (Å²) in [5, 5.41) is 3.78. The molecule has 8 heteroatoms. The number of hydrogen-bond donors (Lipinski definition) is 1. The molecule has 0 aliphatic heterocycles. The van der Waals surface area contributed by atoms with E-state index in [4.69, 9.17) is 4.74 Å². The third-order valence-corrected chi connectivity index (χ3v) is 5.83. The molecule has 0 saturated carbocycles. The number of nitrogens with zero attached hydrogens (tertiary/aromatic N) is 1. The smallest absolute Gasteiger partial charge is 0.344 e. The van der Waals surface area contributed by atoms with E-state index in [9.17, 15) is 13.2 Å². The zero-order valence-corrected chi connectivity index (χ0v) is 17.8. The lowest BCUT2D eigenvalue weighted by molar-refractivity contribution is 0.0734. The SMILES string of the molecule is Cc1ccc(S(=O)(=O)N/N=C\c2ccc(OC(=O)c3ccccc3Br)cc2)cc1. The Bertz CT molecular complexity index is 1140. The summed E-state index contributed by atoms with van der Waals surface area (Å²) in [7, 11) is -3.73. The van der Waals surface area contributed by atoms with Crippen molar-refractivity contribution in [3.63, 3.8) is 0 Å². The first-order valence-electron chi connectivity index (χ1n) is 8.53. The number of sulfonamides is 1. The van der Waals surface area contributed by atoms with Gasteiger partial charge in [0.25, 0.3) is 10.0 Å². The number of nitrogens with one attached hydrogen (secondary N) is 1. The average Bonchev–Trinajstić information content (AvgIpc) is 2.70. The van der Waals surface area contributed by atoms with Crippen LogP contribution in [0.5, 0.6) is 5.75 Å². The number of esters is 1. The van der Waals surface area contributed by atoms with Crippen LogP contribution >= 0.6 is 15.9 Å². The van der Waals surface area contributed by atoms with Crippen LogP contribution in [-0.4, -0.2) is 20.6 Å². The van der Waals surface area contributed by atoms with Crippen LogP contribution in [0, 0.1) is 6.92 Å². The molecule has 3 aromatic carbocycles. The maximum absolute atomic E-state index is 12.2. The Balaban J connectivity index is 1.62. The number of rotatable bonds is 6. The highest BCUT2D eigenvalue weighted by molar-refractivity contribution is 9.10. The minimum absolute atomic E-state index is 0.134. The molecule has 0 aromatic heterocycles. The van der Waals surface area contributed by atoms with E-state index in [1.54, 1.807) is 54.6 Å². The minimum Gasteiger partial charge on any atom is -0.423 e. The predicted octanol–water partition coefficient (Wildman–Crippen LogP) is 4.29. The normalized spacial score (nSPS) is 11.4. The molecule has 0 radical (unpaired) electrons. The summed E-state index contributed by atoms with van der Waals surface area (Å²) in [5.74, 6) is -0.118. The summed E-state index contributed by atoms with van der Waals surface area (Å²) in [6.45, 7) is 1.88. The van der Waals surface area contributed by atoms with Crippen molar-refractivity contribution >= 4 is 38.1 Å². The van der Waals surface area contributed by atoms with E-state index in [1.165, 1.54) is 18.3 Å². The van der Waals surface area contributed by atoms with Crippen LogP contribution in [0.4, 0.5) is 0 Å². The number of benzene rings is 3. The molecule has 0 heterocycles. The topological polar surface area (TPSA) is 84.8 Å². The van der Waals surface area contributed by atoms with Gasteiger partial charge in [-0.15, -0.1) is 0 Å². The fourth-order valence-corrected chi connectivity index (χ4v) is 3.59. The lowest BCUT2D eigenvalue weighted by Gasteiger charge is -2.06. The van der Waals surface area contributed by atoms with Gasteiger partial charge in [-0.05, 0) is 76.9 Å². The lowest BCUT2D eigenvalue weighted by Crippen LogP contribution is -2.18. The number of hydrogen-bond acceptors (Lipinski definition) is 5. The van der Waals surface area contributed by atoms with E-state index in [0.29, 0.717) is 21.3 Å². The fourth-order valence-electron chi connectivity index (χ4n) is 2.35. The summed E-state index contributed by atoms with van der Waals surface area (Å²) in [6, 6.07) is 20.0. The zero-order chi connectivity index (χ0) is 20.9. The van der Waals surface area contributed by atoms with Crippen molar-refractivity contribution in [1.82, 2.24) is 4.83 Å².